The first-order chi connectivity index (χ1) is 10.3. The molecule has 0 atom stereocenters. The van der Waals surface area contributed by atoms with Gasteiger partial charge in [-0.15, -0.1) is 0 Å². The van der Waals surface area contributed by atoms with Crippen LogP contribution < -0.4 is 11.1 Å². The van der Waals surface area contributed by atoms with Crippen molar-refractivity contribution in [3.63, 3.8) is 0 Å². The minimum Gasteiger partial charge on any atom is -0.365 e. The maximum absolute atomic E-state index is 11.8. The second kappa shape index (κ2) is 6.22. The van der Waals surface area contributed by atoms with Gasteiger partial charge in [-0.2, -0.15) is 4.98 Å². The van der Waals surface area contributed by atoms with Crippen molar-refractivity contribution in [2.24, 2.45) is 5.73 Å². The standard InChI is InChI=1S/C13H17N5O3S/c1-13(2,3)11-17-9(21-18-11)5-4-8(19)16-12-15-6-7(22-12)10(14)20/h6H,4-5H2,1-3H3,(H2,14,20)(H,15,16,19). The molecule has 8 nitrogen and oxygen atoms in total. The van der Waals surface area contributed by atoms with E-state index in [1.807, 2.05) is 20.8 Å². The summed E-state index contributed by atoms with van der Waals surface area (Å²) in [6, 6.07) is 0. The summed E-state index contributed by atoms with van der Waals surface area (Å²) in [5, 5.41) is 6.82. The van der Waals surface area contributed by atoms with Crippen molar-refractivity contribution in [1.29, 1.82) is 0 Å². The van der Waals surface area contributed by atoms with Crippen LogP contribution in [0.4, 0.5) is 5.13 Å². The van der Waals surface area contributed by atoms with E-state index < -0.39 is 5.91 Å². The third-order valence-electron chi connectivity index (χ3n) is 2.70. The number of primary amides is 1. The third-order valence-corrected chi connectivity index (χ3v) is 3.63. The predicted molar refractivity (Wildman–Crippen MR) is 80.6 cm³/mol. The van der Waals surface area contributed by atoms with E-state index in [-0.39, 0.29) is 17.7 Å². The largest absolute Gasteiger partial charge is 0.365 e. The molecular weight excluding hydrogens is 306 g/mol. The molecule has 0 spiro atoms. The Morgan fingerprint density at radius 1 is 1.41 bits per heavy atom. The van der Waals surface area contributed by atoms with Gasteiger partial charge in [-0.3, -0.25) is 9.59 Å². The van der Waals surface area contributed by atoms with E-state index in [0.29, 0.717) is 28.1 Å². The van der Waals surface area contributed by atoms with Gasteiger partial charge in [0.25, 0.3) is 5.91 Å². The van der Waals surface area contributed by atoms with Gasteiger partial charge >= 0.3 is 0 Å². The van der Waals surface area contributed by atoms with Crippen LogP contribution in [0, 0.1) is 0 Å². The van der Waals surface area contributed by atoms with Gasteiger partial charge in [0.05, 0.1) is 6.20 Å². The Morgan fingerprint density at radius 2 is 2.14 bits per heavy atom. The van der Waals surface area contributed by atoms with Gasteiger partial charge in [-0.25, -0.2) is 4.98 Å². The Balaban J connectivity index is 1.87. The minimum absolute atomic E-state index is 0.178. The highest BCUT2D eigenvalue weighted by Crippen LogP contribution is 2.19. The average molecular weight is 323 g/mol. The second-order valence-electron chi connectivity index (χ2n) is 5.70. The molecule has 0 saturated heterocycles. The highest BCUT2D eigenvalue weighted by Gasteiger charge is 2.21. The number of nitrogens with one attached hydrogen (secondary N) is 1. The zero-order chi connectivity index (χ0) is 16.3. The van der Waals surface area contributed by atoms with Crippen LogP contribution >= 0.6 is 11.3 Å². The number of aryl methyl sites for hydroxylation is 1. The number of carbonyl (C=O) groups is 2. The summed E-state index contributed by atoms with van der Waals surface area (Å²) in [6.45, 7) is 5.94. The van der Waals surface area contributed by atoms with Gasteiger partial charge in [0.1, 0.15) is 4.88 Å². The summed E-state index contributed by atoms with van der Waals surface area (Å²) >= 11 is 1.03. The molecule has 2 amide bonds. The Bertz CT molecular complexity index is 686. The molecule has 2 aromatic rings. The molecule has 2 aromatic heterocycles. The first kappa shape index (κ1) is 16.1. The summed E-state index contributed by atoms with van der Waals surface area (Å²) in [7, 11) is 0. The molecule has 2 rings (SSSR count). The molecule has 0 saturated carbocycles. The number of rotatable bonds is 5. The molecule has 0 unspecified atom stereocenters. The van der Waals surface area contributed by atoms with E-state index in [1.165, 1.54) is 6.20 Å². The summed E-state index contributed by atoms with van der Waals surface area (Å²) in [5.74, 6) is 0.199. The van der Waals surface area contributed by atoms with E-state index in [9.17, 15) is 9.59 Å². The average Bonchev–Trinajstić information content (AvgIpc) is 3.04. The monoisotopic (exact) mass is 323 g/mol. The number of aromatic nitrogens is 3. The van der Waals surface area contributed by atoms with Crippen molar-refractivity contribution in [2.75, 3.05) is 5.32 Å². The van der Waals surface area contributed by atoms with Gasteiger partial charge < -0.3 is 15.6 Å². The van der Waals surface area contributed by atoms with Crippen LogP contribution in [0.15, 0.2) is 10.7 Å². The lowest BCUT2D eigenvalue weighted by atomic mass is 9.96. The van der Waals surface area contributed by atoms with E-state index >= 15 is 0 Å². The van der Waals surface area contributed by atoms with E-state index in [1.54, 1.807) is 0 Å². The first-order valence-corrected chi connectivity index (χ1v) is 7.46. The van der Waals surface area contributed by atoms with E-state index in [2.05, 4.69) is 20.4 Å². The molecule has 2 heterocycles. The zero-order valence-corrected chi connectivity index (χ0v) is 13.4. The number of hydrogen-bond donors (Lipinski definition) is 2. The Morgan fingerprint density at radius 3 is 2.68 bits per heavy atom. The van der Waals surface area contributed by atoms with Crippen molar-refractivity contribution < 1.29 is 14.1 Å². The van der Waals surface area contributed by atoms with E-state index in [4.69, 9.17) is 10.3 Å². The summed E-state index contributed by atoms with van der Waals surface area (Å²) < 4.78 is 5.11. The van der Waals surface area contributed by atoms with Gasteiger partial charge in [0.15, 0.2) is 11.0 Å². The number of nitrogens with two attached hydrogens (primary N) is 1. The van der Waals surface area contributed by atoms with Crippen LogP contribution in [0.1, 0.15) is 48.6 Å². The fourth-order valence-corrected chi connectivity index (χ4v) is 2.19. The molecule has 118 valence electrons. The molecule has 0 radical (unpaired) electrons. The molecule has 0 aliphatic rings. The summed E-state index contributed by atoms with van der Waals surface area (Å²) in [4.78, 5) is 31.2. The quantitative estimate of drug-likeness (QED) is 0.859. The fraction of sp³-hybridized carbons (Fsp3) is 0.462. The lowest BCUT2D eigenvalue weighted by Gasteiger charge is -2.10. The number of anilines is 1. The lowest BCUT2D eigenvalue weighted by molar-refractivity contribution is -0.116. The molecular formula is C13H17N5O3S. The predicted octanol–water partition coefficient (Wildman–Crippen LogP) is 1.49. The topological polar surface area (TPSA) is 124 Å². The smallest absolute Gasteiger partial charge is 0.260 e. The molecule has 0 aliphatic carbocycles. The summed E-state index contributed by atoms with van der Waals surface area (Å²) in [6.07, 6.45) is 1.84. The highest BCUT2D eigenvalue weighted by atomic mass is 32.1. The van der Waals surface area contributed by atoms with Gasteiger partial charge in [-0.1, -0.05) is 37.3 Å². The van der Waals surface area contributed by atoms with Crippen LogP contribution in [0.5, 0.6) is 0 Å². The van der Waals surface area contributed by atoms with Crippen molar-refractivity contribution >= 4 is 28.3 Å². The van der Waals surface area contributed by atoms with E-state index in [0.717, 1.165) is 11.3 Å². The van der Waals surface area contributed by atoms with Crippen molar-refractivity contribution in [3.05, 3.63) is 22.8 Å². The Hall–Kier alpha value is -2.29. The molecule has 22 heavy (non-hydrogen) atoms. The fourth-order valence-electron chi connectivity index (χ4n) is 1.51. The third kappa shape index (κ3) is 4.10. The van der Waals surface area contributed by atoms with Crippen LogP contribution in [0.3, 0.4) is 0 Å². The van der Waals surface area contributed by atoms with Crippen LogP contribution in [-0.2, 0) is 16.6 Å². The van der Waals surface area contributed by atoms with Crippen LogP contribution in [0.2, 0.25) is 0 Å². The lowest BCUT2D eigenvalue weighted by Crippen LogP contribution is -2.14. The maximum atomic E-state index is 11.8. The highest BCUT2D eigenvalue weighted by molar-refractivity contribution is 7.17. The van der Waals surface area contributed by atoms with Gasteiger partial charge in [0.2, 0.25) is 11.8 Å². The molecule has 9 heteroatoms. The summed E-state index contributed by atoms with van der Waals surface area (Å²) in [5.41, 5.74) is 4.92. The Labute approximate surface area is 131 Å². The SMILES string of the molecule is CC(C)(C)c1noc(CCC(=O)Nc2ncc(C(N)=O)s2)n1. The van der Waals surface area contributed by atoms with Crippen molar-refractivity contribution in [1.82, 2.24) is 15.1 Å². The second-order valence-corrected chi connectivity index (χ2v) is 6.73. The first-order valence-electron chi connectivity index (χ1n) is 6.64. The normalized spacial score (nSPS) is 11.4. The van der Waals surface area contributed by atoms with Crippen molar-refractivity contribution in [3.8, 4) is 0 Å². The van der Waals surface area contributed by atoms with Crippen LogP contribution in [0.25, 0.3) is 0 Å². The number of amides is 2. The molecule has 3 N–H and O–H groups in total. The minimum atomic E-state index is -0.571. The van der Waals surface area contributed by atoms with Gasteiger partial charge in [0, 0.05) is 18.3 Å². The number of nitrogens with zero attached hydrogens (tertiary/aromatic N) is 3. The zero-order valence-electron chi connectivity index (χ0n) is 12.5. The number of carbonyl (C=O) groups excluding carboxylic acids is 2. The molecule has 0 fully saturated rings. The molecule has 0 aromatic carbocycles. The molecule has 0 aliphatic heterocycles. The Kier molecular flexibility index (Phi) is 4.55. The van der Waals surface area contributed by atoms with Crippen molar-refractivity contribution in [2.45, 2.75) is 39.0 Å². The number of thiazole rings is 1. The molecule has 0 bridgehead atoms. The van der Waals surface area contributed by atoms with Gasteiger partial charge in [-0.05, 0) is 0 Å². The maximum Gasteiger partial charge on any atom is 0.260 e. The van der Waals surface area contributed by atoms with Crippen LogP contribution in [-0.4, -0.2) is 26.9 Å². The number of hydrogen-bond acceptors (Lipinski definition) is 7.